The molecule has 31 nitrogen and oxygen atoms in total. The maximum atomic E-state index is 12.6. The predicted octanol–water partition coefficient (Wildman–Crippen LogP) is -5.75. The number of aliphatic hydroxyl groups is 17. The summed E-state index contributed by atoms with van der Waals surface area (Å²) in [5.74, 6) is 1.34. The maximum absolute atomic E-state index is 12.6. The van der Waals surface area contributed by atoms with E-state index in [4.69, 9.17) is 66.3 Å². The Morgan fingerprint density at radius 3 is 1.84 bits per heavy atom. The van der Waals surface area contributed by atoms with Crippen LogP contribution in [0.3, 0.4) is 0 Å². The van der Waals surface area contributed by atoms with E-state index >= 15 is 0 Å². The lowest BCUT2D eigenvalue weighted by Crippen LogP contribution is -2.68. The molecule has 0 aromatic carbocycles. The van der Waals surface area contributed by atoms with Gasteiger partial charge in [0.2, 0.25) is 0 Å². The number of hydrogen-bond donors (Lipinski definition) is 17. The minimum absolute atomic E-state index is 0.0818. The molecular weight excluding hydrogens is 1240 g/mol. The van der Waals surface area contributed by atoms with Crippen molar-refractivity contribution < 1.29 is 153 Å². The first-order valence-corrected chi connectivity index (χ1v) is 33.0. The largest absolute Gasteiger partial charge is 0.394 e. The first kappa shape index (κ1) is 71.1. The van der Waals surface area contributed by atoms with Gasteiger partial charge in [-0.1, -0.05) is 44.6 Å². The highest BCUT2D eigenvalue weighted by atomic mass is 16.8. The molecule has 0 amide bonds. The van der Waals surface area contributed by atoms with Crippen LogP contribution in [0.2, 0.25) is 0 Å². The van der Waals surface area contributed by atoms with E-state index in [9.17, 15) is 86.8 Å². The monoisotopic (exact) mass is 1340 g/mol. The normalized spacial score (nSPS) is 55.8. The number of rotatable bonds is 16. The van der Waals surface area contributed by atoms with Crippen LogP contribution < -0.4 is 0 Å². The summed E-state index contributed by atoms with van der Waals surface area (Å²) >= 11 is 0. The Morgan fingerprint density at radius 2 is 1.13 bits per heavy atom. The third-order valence-corrected chi connectivity index (χ3v) is 23.4. The highest BCUT2D eigenvalue weighted by Crippen LogP contribution is 2.71. The zero-order valence-corrected chi connectivity index (χ0v) is 52.5. The molecule has 0 aromatic rings. The molecule has 12 aliphatic rings. The highest BCUT2D eigenvalue weighted by molar-refractivity contribution is 5.27. The van der Waals surface area contributed by atoms with Gasteiger partial charge in [0.05, 0.1) is 58.0 Å². The molecule has 4 aliphatic carbocycles. The van der Waals surface area contributed by atoms with Gasteiger partial charge in [0.1, 0.15) is 134 Å². The third kappa shape index (κ3) is 12.8. The molecule has 11 fully saturated rings. The fourth-order valence-electron chi connectivity index (χ4n) is 17.9. The molecule has 93 heavy (non-hydrogen) atoms. The van der Waals surface area contributed by atoms with Gasteiger partial charge < -0.3 is 153 Å². The van der Waals surface area contributed by atoms with Crippen LogP contribution >= 0.6 is 0 Å². The summed E-state index contributed by atoms with van der Waals surface area (Å²) < 4.78 is 85.3. The topological polar surface area (TPSA) is 473 Å². The zero-order chi connectivity index (χ0) is 66.7. The lowest BCUT2D eigenvalue weighted by atomic mass is 9.47. The van der Waals surface area contributed by atoms with Crippen molar-refractivity contribution in [3.05, 3.63) is 23.8 Å². The molecule has 1 spiro atoms. The number of allylic oxidation sites excluding steroid dienone is 1. The molecule has 17 N–H and O–H groups in total. The van der Waals surface area contributed by atoms with Crippen molar-refractivity contribution in [2.24, 2.45) is 40.4 Å². The lowest BCUT2D eigenvalue weighted by Gasteiger charge is -2.58. The molecule has 0 aromatic heterocycles. The highest BCUT2D eigenvalue weighted by Gasteiger charge is 2.69. The van der Waals surface area contributed by atoms with E-state index < -0.39 is 223 Å². The lowest BCUT2D eigenvalue weighted by molar-refractivity contribution is -0.400. The van der Waals surface area contributed by atoms with Crippen LogP contribution in [-0.2, 0) is 66.3 Å². The van der Waals surface area contributed by atoms with Gasteiger partial charge in [-0.3, -0.25) is 0 Å². The fraction of sp³-hybridized carbons (Fsp3) is 0.935. The Bertz CT molecular complexity index is 2560. The minimum Gasteiger partial charge on any atom is -0.394 e. The van der Waals surface area contributed by atoms with Gasteiger partial charge in [0.25, 0.3) is 0 Å². The van der Waals surface area contributed by atoms with Crippen LogP contribution in [0, 0.1) is 40.4 Å². The van der Waals surface area contributed by atoms with Crippen LogP contribution in [0.5, 0.6) is 0 Å². The van der Waals surface area contributed by atoms with Crippen molar-refractivity contribution in [2.75, 3.05) is 39.6 Å². The van der Waals surface area contributed by atoms with E-state index in [2.05, 4.69) is 33.4 Å². The standard InChI is InChI=1S/C62H98O31/c1-22-8-13-62(82-19-22)23(2)36-31(93-62)15-29-27-7-6-25-14-26(9-11-60(25,4)28(27)10-12-61(29,36)5)84-59-53(92-56-46(76)41(71)37(67)24(3)83-56)48(78)50(34(18-65)87-59)90-58-49(79)52(40(70)33(17-64)86-58)91-57-47(77)43(73)51(89-55-44(74)38(68)30(66)20-80-55)35(88-57)21-81-54-45(75)42(72)39(69)32(16-63)85-54/h6,23-24,26-59,63-79H,1,7-21H2,2-5H3/t23-,24-,26-,27+,28-,29-,30+,31-,32+,33+,34+,35+,36-,37-,38-,39+,40+,41+,42-,43+,44+,45+,46+,47+,48-,49+,50+,51+,52-,53+,54+,55-,56-,57-,58-,59+,60-,61-,62+/m0/s1. The Morgan fingerprint density at radius 1 is 0.538 bits per heavy atom. The SMILES string of the molecule is C=C1CC[C@@]2(OC1)O[C@H]1C[C@H]3[C@@H]4CC=C5C[C@@H](O[C@@H]6O[C@H](CO)[C@@H](O[C@@H]7O[C@H](CO)[C@@H](O)[C@H](O[C@@H]8O[C@H](CO[C@@H]9O[C@H](CO)[C@@H](O)[C@H](O)[C@H]9O)[C@@H](O[C@@H]9OC[C@@H](O)[C@H](O)[C@H]9O)[C@H](O)[C@H]8O)[C@H]7O)[C@H](O)[C@H]6O[C@@H]6O[C@@H](C)[C@H](O)[C@@H](O)[C@H]6O)CC[C@]5(C)[C@H]4CC[C@]3(C)[C@H]1[C@@H]2C. The van der Waals surface area contributed by atoms with Crippen LogP contribution in [0.1, 0.15) is 85.5 Å². The molecule has 8 saturated heterocycles. The minimum atomic E-state index is -2.21. The van der Waals surface area contributed by atoms with Gasteiger partial charge in [-0.05, 0) is 92.8 Å². The molecule has 8 aliphatic heterocycles. The van der Waals surface area contributed by atoms with E-state index in [1.54, 1.807) is 0 Å². The van der Waals surface area contributed by atoms with Crippen LogP contribution in [0.4, 0.5) is 0 Å². The van der Waals surface area contributed by atoms with Gasteiger partial charge in [0, 0.05) is 12.3 Å². The quantitative estimate of drug-likeness (QED) is 0.0640. The Balaban J connectivity index is 0.754. The van der Waals surface area contributed by atoms with Gasteiger partial charge in [-0.25, -0.2) is 0 Å². The Labute approximate surface area is 537 Å². The molecule has 0 radical (unpaired) electrons. The number of aliphatic hydroxyl groups excluding tert-OH is 17. The molecule has 0 unspecified atom stereocenters. The molecule has 8 heterocycles. The summed E-state index contributed by atoms with van der Waals surface area (Å²) in [7, 11) is 0. The van der Waals surface area contributed by atoms with Crippen molar-refractivity contribution in [1.82, 2.24) is 0 Å². The average Bonchev–Trinajstić information content (AvgIpc) is 1.56. The molecule has 31 heteroatoms. The summed E-state index contributed by atoms with van der Waals surface area (Å²) in [6, 6.07) is 0. The number of hydrogen-bond acceptors (Lipinski definition) is 31. The predicted molar refractivity (Wildman–Crippen MR) is 306 cm³/mol. The second-order valence-corrected chi connectivity index (χ2v) is 28.7. The Hall–Kier alpha value is -1.76. The van der Waals surface area contributed by atoms with E-state index in [0.717, 1.165) is 50.5 Å². The van der Waals surface area contributed by atoms with Gasteiger partial charge >= 0.3 is 0 Å². The summed E-state index contributed by atoms with van der Waals surface area (Å²) in [6.45, 7) is 9.15. The van der Waals surface area contributed by atoms with Crippen LogP contribution in [0.15, 0.2) is 23.8 Å². The van der Waals surface area contributed by atoms with Crippen molar-refractivity contribution >= 4 is 0 Å². The first-order valence-electron chi connectivity index (χ1n) is 33.0. The zero-order valence-electron chi connectivity index (χ0n) is 52.5. The number of ether oxygens (including phenoxy) is 14. The van der Waals surface area contributed by atoms with E-state index in [0.29, 0.717) is 43.1 Å². The third-order valence-electron chi connectivity index (χ3n) is 23.4. The maximum Gasteiger partial charge on any atom is 0.187 e. The van der Waals surface area contributed by atoms with Gasteiger partial charge in [0.15, 0.2) is 43.5 Å². The average molecular weight is 1340 g/mol. The summed E-state index contributed by atoms with van der Waals surface area (Å²) in [6.07, 6.45) is -43.1. The van der Waals surface area contributed by atoms with Crippen molar-refractivity contribution in [3.8, 4) is 0 Å². The van der Waals surface area contributed by atoms with Crippen LogP contribution in [0.25, 0.3) is 0 Å². The molecule has 3 saturated carbocycles. The van der Waals surface area contributed by atoms with Crippen molar-refractivity contribution in [3.63, 3.8) is 0 Å². The summed E-state index contributed by atoms with van der Waals surface area (Å²) in [5.41, 5.74) is 2.25. The summed E-state index contributed by atoms with van der Waals surface area (Å²) in [4.78, 5) is 0. The molecule has 532 valence electrons. The molecular formula is C62H98O31. The first-order chi connectivity index (χ1) is 44.2. The van der Waals surface area contributed by atoms with Gasteiger partial charge in [-0.2, -0.15) is 0 Å². The van der Waals surface area contributed by atoms with Crippen LogP contribution in [-0.4, -0.2) is 323 Å². The smallest absolute Gasteiger partial charge is 0.187 e. The molecule has 39 atom stereocenters. The number of fused-ring (bicyclic) bond motifs is 7. The van der Waals surface area contributed by atoms with Crippen molar-refractivity contribution in [2.45, 2.75) is 282 Å². The summed E-state index contributed by atoms with van der Waals surface area (Å²) in [5, 5.41) is 187. The van der Waals surface area contributed by atoms with E-state index in [1.165, 1.54) is 12.5 Å². The van der Waals surface area contributed by atoms with E-state index in [1.807, 2.05) is 0 Å². The van der Waals surface area contributed by atoms with Gasteiger partial charge in [-0.15, -0.1) is 0 Å². The second kappa shape index (κ2) is 28.0. The Kier molecular flexibility index (Phi) is 21.4. The van der Waals surface area contributed by atoms with Crippen molar-refractivity contribution in [1.29, 1.82) is 0 Å². The fourth-order valence-corrected chi connectivity index (χ4v) is 17.9. The second-order valence-electron chi connectivity index (χ2n) is 28.7. The molecule has 0 bridgehead atoms. The van der Waals surface area contributed by atoms with E-state index in [-0.39, 0.29) is 22.9 Å². The molecule has 12 rings (SSSR count).